The van der Waals surface area contributed by atoms with E-state index in [4.69, 9.17) is 0 Å². The molecule has 3 nitrogen and oxygen atoms in total. The van der Waals surface area contributed by atoms with Gasteiger partial charge in [0.25, 0.3) is 0 Å². The Morgan fingerprint density at radius 2 is 1.78 bits per heavy atom. The number of hydrogen-bond acceptors (Lipinski definition) is 2. The highest BCUT2D eigenvalue weighted by Gasteiger charge is 2.11. The molecule has 0 saturated heterocycles. The second kappa shape index (κ2) is 4.26. The van der Waals surface area contributed by atoms with Crippen LogP contribution in [0, 0.1) is 0 Å². The highest BCUT2D eigenvalue weighted by atomic mass is 15.3. The normalized spacial score (nSPS) is 11.3. The van der Waals surface area contributed by atoms with Gasteiger partial charge < -0.3 is 4.57 Å². The summed E-state index contributed by atoms with van der Waals surface area (Å²) >= 11 is 0. The molecule has 3 heteroatoms. The van der Waals surface area contributed by atoms with Crippen molar-refractivity contribution in [1.29, 1.82) is 0 Å². The van der Waals surface area contributed by atoms with Gasteiger partial charge in [0.05, 0.1) is 0 Å². The van der Waals surface area contributed by atoms with E-state index in [-0.39, 0.29) is 0 Å². The third-order valence-corrected chi connectivity index (χ3v) is 3.16. The van der Waals surface area contributed by atoms with E-state index < -0.39 is 0 Å². The molecular weight excluding hydrogens is 222 g/mol. The standard InChI is InChI=1S/C15H15N3/c1-11(2)18-10-16-17-15(18)14-9-5-7-12-6-3-4-8-13(12)14/h3-11H,1-2H3. The van der Waals surface area contributed by atoms with Crippen LogP contribution in [0.2, 0.25) is 0 Å². The van der Waals surface area contributed by atoms with Gasteiger partial charge in [-0.25, -0.2) is 0 Å². The van der Waals surface area contributed by atoms with Crippen molar-refractivity contribution in [3.8, 4) is 11.4 Å². The van der Waals surface area contributed by atoms with Gasteiger partial charge in [-0.1, -0.05) is 42.5 Å². The van der Waals surface area contributed by atoms with Crippen molar-refractivity contribution >= 4 is 10.8 Å². The first-order valence-electron chi connectivity index (χ1n) is 6.15. The Morgan fingerprint density at radius 1 is 1.00 bits per heavy atom. The fourth-order valence-corrected chi connectivity index (χ4v) is 2.23. The van der Waals surface area contributed by atoms with Crippen molar-refractivity contribution in [2.45, 2.75) is 19.9 Å². The molecule has 0 spiro atoms. The lowest BCUT2D eigenvalue weighted by Gasteiger charge is -2.11. The van der Waals surface area contributed by atoms with Gasteiger partial charge in [0, 0.05) is 11.6 Å². The SMILES string of the molecule is CC(C)n1cnnc1-c1cccc2ccccc12. The van der Waals surface area contributed by atoms with Crippen LogP contribution in [-0.4, -0.2) is 14.8 Å². The Morgan fingerprint density at radius 3 is 2.61 bits per heavy atom. The average Bonchev–Trinajstić information content (AvgIpc) is 2.87. The quantitative estimate of drug-likeness (QED) is 0.680. The molecule has 1 heterocycles. The maximum atomic E-state index is 4.27. The van der Waals surface area contributed by atoms with Crippen molar-refractivity contribution in [2.75, 3.05) is 0 Å². The molecule has 18 heavy (non-hydrogen) atoms. The molecule has 0 amide bonds. The van der Waals surface area contributed by atoms with E-state index in [1.165, 1.54) is 10.8 Å². The molecule has 0 atom stereocenters. The monoisotopic (exact) mass is 237 g/mol. The molecule has 0 radical (unpaired) electrons. The van der Waals surface area contributed by atoms with Crippen LogP contribution < -0.4 is 0 Å². The van der Waals surface area contributed by atoms with Crippen molar-refractivity contribution < 1.29 is 0 Å². The maximum absolute atomic E-state index is 4.27. The van der Waals surface area contributed by atoms with E-state index in [1.807, 2.05) is 0 Å². The Kier molecular flexibility index (Phi) is 2.59. The first-order chi connectivity index (χ1) is 8.77. The van der Waals surface area contributed by atoms with Gasteiger partial charge in [-0.15, -0.1) is 10.2 Å². The lowest BCUT2D eigenvalue weighted by molar-refractivity contribution is 0.604. The zero-order valence-corrected chi connectivity index (χ0v) is 10.5. The predicted octanol–water partition coefficient (Wildman–Crippen LogP) is 3.68. The van der Waals surface area contributed by atoms with Crippen LogP contribution >= 0.6 is 0 Å². The summed E-state index contributed by atoms with van der Waals surface area (Å²) in [7, 11) is 0. The van der Waals surface area contributed by atoms with Crippen molar-refractivity contribution in [3.05, 3.63) is 48.8 Å². The topological polar surface area (TPSA) is 30.7 Å². The van der Waals surface area contributed by atoms with E-state index in [0.717, 1.165) is 11.4 Å². The third kappa shape index (κ3) is 1.68. The zero-order chi connectivity index (χ0) is 12.5. The van der Waals surface area contributed by atoms with Crippen LogP contribution in [-0.2, 0) is 0 Å². The summed E-state index contributed by atoms with van der Waals surface area (Å²) in [4.78, 5) is 0. The molecule has 1 aromatic heterocycles. The van der Waals surface area contributed by atoms with Gasteiger partial charge in [-0.3, -0.25) is 0 Å². The molecular formula is C15H15N3. The first kappa shape index (κ1) is 11.0. The van der Waals surface area contributed by atoms with Crippen LogP contribution in [0.15, 0.2) is 48.8 Å². The second-order valence-corrected chi connectivity index (χ2v) is 4.68. The number of aromatic nitrogens is 3. The maximum Gasteiger partial charge on any atom is 0.164 e. The molecule has 3 rings (SSSR count). The van der Waals surface area contributed by atoms with Crippen molar-refractivity contribution in [3.63, 3.8) is 0 Å². The van der Waals surface area contributed by atoms with E-state index in [0.29, 0.717) is 6.04 Å². The summed E-state index contributed by atoms with van der Waals surface area (Å²) in [6.07, 6.45) is 1.79. The number of nitrogens with zero attached hydrogens (tertiary/aromatic N) is 3. The highest BCUT2D eigenvalue weighted by molar-refractivity contribution is 5.95. The van der Waals surface area contributed by atoms with Gasteiger partial charge >= 0.3 is 0 Å². The number of benzene rings is 2. The predicted molar refractivity (Wildman–Crippen MR) is 73.3 cm³/mol. The zero-order valence-electron chi connectivity index (χ0n) is 10.5. The third-order valence-electron chi connectivity index (χ3n) is 3.16. The molecule has 90 valence electrons. The molecule has 0 aliphatic heterocycles. The molecule has 3 aromatic rings. The van der Waals surface area contributed by atoms with Gasteiger partial charge in [0.2, 0.25) is 0 Å². The summed E-state index contributed by atoms with van der Waals surface area (Å²) in [5.74, 6) is 0.932. The minimum atomic E-state index is 0.356. The van der Waals surface area contributed by atoms with E-state index in [9.17, 15) is 0 Å². The first-order valence-corrected chi connectivity index (χ1v) is 6.15. The van der Waals surface area contributed by atoms with Gasteiger partial charge in [0.15, 0.2) is 5.82 Å². The highest BCUT2D eigenvalue weighted by Crippen LogP contribution is 2.28. The summed E-state index contributed by atoms with van der Waals surface area (Å²) < 4.78 is 2.10. The fraction of sp³-hybridized carbons (Fsp3) is 0.200. The van der Waals surface area contributed by atoms with Gasteiger partial charge in [-0.2, -0.15) is 0 Å². The lowest BCUT2D eigenvalue weighted by atomic mass is 10.0. The summed E-state index contributed by atoms with van der Waals surface area (Å²) in [5, 5.41) is 10.8. The van der Waals surface area contributed by atoms with Gasteiger partial charge in [0.1, 0.15) is 6.33 Å². The largest absolute Gasteiger partial charge is 0.311 e. The lowest BCUT2D eigenvalue weighted by Crippen LogP contribution is -2.01. The number of fused-ring (bicyclic) bond motifs is 1. The average molecular weight is 237 g/mol. The molecule has 0 saturated carbocycles. The van der Waals surface area contributed by atoms with E-state index in [2.05, 4.69) is 71.1 Å². The minimum Gasteiger partial charge on any atom is -0.311 e. The van der Waals surface area contributed by atoms with Crippen LogP contribution in [0.5, 0.6) is 0 Å². The summed E-state index contributed by atoms with van der Waals surface area (Å²) in [6.45, 7) is 4.27. The molecule has 2 aromatic carbocycles. The molecule has 0 N–H and O–H groups in total. The molecule has 0 aliphatic rings. The van der Waals surface area contributed by atoms with Crippen molar-refractivity contribution in [2.24, 2.45) is 0 Å². The van der Waals surface area contributed by atoms with E-state index >= 15 is 0 Å². The van der Waals surface area contributed by atoms with Crippen LogP contribution in [0.4, 0.5) is 0 Å². The van der Waals surface area contributed by atoms with Crippen LogP contribution in [0.25, 0.3) is 22.2 Å². The smallest absolute Gasteiger partial charge is 0.164 e. The molecule has 0 fully saturated rings. The second-order valence-electron chi connectivity index (χ2n) is 4.68. The Bertz CT molecular complexity index is 678. The van der Waals surface area contributed by atoms with E-state index in [1.54, 1.807) is 6.33 Å². The Hall–Kier alpha value is -2.16. The van der Waals surface area contributed by atoms with Crippen molar-refractivity contribution in [1.82, 2.24) is 14.8 Å². The fourth-order valence-electron chi connectivity index (χ4n) is 2.23. The van der Waals surface area contributed by atoms with Crippen LogP contribution in [0.3, 0.4) is 0 Å². The summed E-state index contributed by atoms with van der Waals surface area (Å²) in [6, 6.07) is 15.0. The van der Waals surface area contributed by atoms with Gasteiger partial charge in [-0.05, 0) is 24.6 Å². The van der Waals surface area contributed by atoms with Crippen LogP contribution in [0.1, 0.15) is 19.9 Å². The molecule has 0 aliphatic carbocycles. The number of rotatable bonds is 2. The molecule has 0 unspecified atom stereocenters. The minimum absolute atomic E-state index is 0.356. The Balaban J connectivity index is 2.28. The summed E-state index contributed by atoms with van der Waals surface area (Å²) in [5.41, 5.74) is 1.14. The number of hydrogen-bond donors (Lipinski definition) is 0. The molecule has 0 bridgehead atoms. The Labute approximate surface area is 106 Å².